The predicted octanol–water partition coefficient (Wildman–Crippen LogP) is 1.09. The van der Waals surface area contributed by atoms with Crippen LogP contribution < -0.4 is 0 Å². The molecule has 3 N–H and O–H groups in total. The quantitative estimate of drug-likeness (QED) is 0.631. The Morgan fingerprint density at radius 1 is 1.23 bits per heavy atom. The van der Waals surface area contributed by atoms with Gasteiger partial charge in [-0.1, -0.05) is 27.7 Å². The molecule has 5 nitrogen and oxygen atoms in total. The van der Waals surface area contributed by atoms with E-state index in [-0.39, 0.29) is 35.2 Å². The molecule has 0 aliphatic heterocycles. The van der Waals surface area contributed by atoms with Crippen LogP contribution >= 0.6 is 0 Å². The second-order valence-electron chi connectivity index (χ2n) is 8.71. The summed E-state index contributed by atoms with van der Waals surface area (Å²) in [6.45, 7) is 9.33. The number of hydrogen-bond donors (Lipinski definition) is 3. The SMILES string of the molecule is CC(=O)O[C@H]1C[C@@H](C)[C@@H]2[C@@H](O)[C@H](O)[C@@]3(C)CC(C)(C)[C@H]1[C@]23O. The lowest BCUT2D eigenvalue weighted by molar-refractivity contribution is -0.203. The van der Waals surface area contributed by atoms with Gasteiger partial charge >= 0.3 is 5.97 Å². The average Bonchev–Trinajstić information content (AvgIpc) is 2.58. The van der Waals surface area contributed by atoms with Crippen molar-refractivity contribution >= 4 is 5.97 Å². The molecule has 0 unspecified atom stereocenters. The molecule has 3 rings (SSSR count). The molecule has 0 aromatic rings. The normalized spacial score (nSPS) is 55.8. The third-order valence-corrected chi connectivity index (χ3v) is 6.81. The minimum atomic E-state index is -1.22. The van der Waals surface area contributed by atoms with Crippen LogP contribution in [0.2, 0.25) is 0 Å². The average molecular weight is 312 g/mol. The number of aliphatic hydroxyl groups is 3. The van der Waals surface area contributed by atoms with Crippen LogP contribution in [0.5, 0.6) is 0 Å². The Kier molecular flexibility index (Phi) is 3.28. The lowest BCUT2D eigenvalue weighted by Gasteiger charge is -2.52. The fourth-order valence-corrected chi connectivity index (χ4v) is 6.45. The van der Waals surface area contributed by atoms with Crippen molar-refractivity contribution in [2.45, 2.75) is 71.4 Å². The fraction of sp³-hybridized carbons (Fsp3) is 0.941. The summed E-state index contributed by atoms with van der Waals surface area (Å²) >= 11 is 0. The van der Waals surface area contributed by atoms with Crippen molar-refractivity contribution in [3.63, 3.8) is 0 Å². The topological polar surface area (TPSA) is 87.0 Å². The number of aliphatic hydroxyl groups excluding tert-OH is 2. The molecular formula is C17H28O5. The van der Waals surface area contributed by atoms with E-state index in [9.17, 15) is 20.1 Å². The summed E-state index contributed by atoms with van der Waals surface area (Å²) in [4.78, 5) is 11.5. The molecule has 0 spiro atoms. The zero-order valence-corrected chi connectivity index (χ0v) is 14.0. The van der Waals surface area contributed by atoms with Crippen LogP contribution in [-0.4, -0.2) is 45.2 Å². The second-order valence-corrected chi connectivity index (χ2v) is 8.71. The van der Waals surface area contributed by atoms with Gasteiger partial charge in [0.15, 0.2) is 0 Å². The molecule has 3 aliphatic carbocycles. The van der Waals surface area contributed by atoms with Crippen molar-refractivity contribution < 1.29 is 24.9 Å². The van der Waals surface area contributed by atoms with Crippen LogP contribution in [0.25, 0.3) is 0 Å². The lowest BCUT2D eigenvalue weighted by Crippen LogP contribution is -2.60. The lowest BCUT2D eigenvalue weighted by atomic mass is 9.58. The summed E-state index contributed by atoms with van der Waals surface area (Å²) in [6, 6.07) is 0. The third-order valence-electron chi connectivity index (χ3n) is 6.81. The van der Waals surface area contributed by atoms with Crippen molar-refractivity contribution in [1.29, 1.82) is 0 Å². The molecule has 3 aliphatic rings. The molecular weight excluding hydrogens is 284 g/mol. The van der Waals surface area contributed by atoms with Gasteiger partial charge < -0.3 is 20.1 Å². The Morgan fingerprint density at radius 3 is 2.36 bits per heavy atom. The van der Waals surface area contributed by atoms with Gasteiger partial charge in [-0.2, -0.15) is 0 Å². The van der Waals surface area contributed by atoms with Gasteiger partial charge in [0.05, 0.1) is 17.8 Å². The molecule has 0 amide bonds. The highest BCUT2D eigenvalue weighted by Gasteiger charge is 2.79. The number of rotatable bonds is 1. The molecule has 126 valence electrons. The molecule has 0 radical (unpaired) electrons. The zero-order chi connectivity index (χ0) is 16.7. The summed E-state index contributed by atoms with van der Waals surface area (Å²) < 4.78 is 5.55. The minimum absolute atomic E-state index is 0.0222. The maximum atomic E-state index is 11.7. The van der Waals surface area contributed by atoms with Gasteiger partial charge in [0.1, 0.15) is 6.10 Å². The Labute approximate surface area is 131 Å². The van der Waals surface area contributed by atoms with Crippen LogP contribution in [0.1, 0.15) is 47.5 Å². The fourth-order valence-electron chi connectivity index (χ4n) is 6.45. The largest absolute Gasteiger partial charge is 0.462 e. The van der Waals surface area contributed by atoms with Crippen molar-refractivity contribution in [3.8, 4) is 0 Å². The maximum Gasteiger partial charge on any atom is 0.302 e. The van der Waals surface area contributed by atoms with Crippen LogP contribution in [0, 0.1) is 28.6 Å². The molecule has 3 saturated carbocycles. The second kappa shape index (κ2) is 4.46. The van der Waals surface area contributed by atoms with Gasteiger partial charge in [0.25, 0.3) is 0 Å². The van der Waals surface area contributed by atoms with Crippen molar-refractivity contribution in [2.75, 3.05) is 0 Å². The van der Waals surface area contributed by atoms with Gasteiger partial charge in [-0.15, -0.1) is 0 Å². The Balaban J connectivity index is 2.14. The zero-order valence-electron chi connectivity index (χ0n) is 14.0. The standard InChI is InChI=1S/C17H28O5/c1-8-6-10(22-9(2)18)13-15(3,4)7-16(5)14(20)12(19)11(8)17(13,16)21/h8,10-14,19-21H,6-7H2,1-5H3/t8-,10+,11-,12-,13+,14+,16-,17-/m1/s1. The monoisotopic (exact) mass is 312 g/mol. The van der Waals surface area contributed by atoms with Gasteiger partial charge in [0.2, 0.25) is 0 Å². The number of hydrogen-bond acceptors (Lipinski definition) is 5. The first-order valence-corrected chi connectivity index (χ1v) is 8.22. The Bertz CT molecular complexity index is 503. The van der Waals surface area contributed by atoms with Crippen LogP contribution in [0.3, 0.4) is 0 Å². The number of carbonyl (C=O) groups excluding carboxylic acids is 1. The van der Waals surface area contributed by atoms with E-state index in [0.717, 1.165) is 0 Å². The van der Waals surface area contributed by atoms with Crippen molar-refractivity contribution in [3.05, 3.63) is 0 Å². The van der Waals surface area contributed by atoms with Crippen molar-refractivity contribution in [2.24, 2.45) is 28.6 Å². The van der Waals surface area contributed by atoms with Crippen molar-refractivity contribution in [1.82, 2.24) is 0 Å². The van der Waals surface area contributed by atoms with Gasteiger partial charge in [-0.25, -0.2) is 0 Å². The molecule has 0 heterocycles. The Hall–Kier alpha value is -0.650. The first-order chi connectivity index (χ1) is 9.96. The van der Waals surface area contributed by atoms with Crippen LogP contribution in [-0.2, 0) is 9.53 Å². The van der Waals surface area contributed by atoms with E-state index in [1.54, 1.807) is 0 Å². The van der Waals surface area contributed by atoms with E-state index in [1.165, 1.54) is 6.92 Å². The van der Waals surface area contributed by atoms with E-state index in [0.29, 0.717) is 12.8 Å². The molecule has 0 bridgehead atoms. The molecule has 8 atom stereocenters. The highest BCUT2D eigenvalue weighted by atomic mass is 16.5. The maximum absolute atomic E-state index is 11.7. The number of carbonyl (C=O) groups is 1. The molecule has 0 aromatic heterocycles. The summed E-state index contributed by atoms with van der Waals surface area (Å²) in [5, 5.41) is 32.9. The van der Waals surface area contributed by atoms with Gasteiger partial charge in [-0.3, -0.25) is 4.79 Å². The van der Waals surface area contributed by atoms with E-state index < -0.39 is 23.2 Å². The molecule has 0 saturated heterocycles. The summed E-state index contributed by atoms with van der Waals surface area (Å²) in [6.07, 6.45) is -1.05. The summed E-state index contributed by atoms with van der Waals surface area (Å²) in [7, 11) is 0. The molecule has 0 aromatic carbocycles. The van der Waals surface area contributed by atoms with E-state index in [2.05, 4.69) is 13.8 Å². The minimum Gasteiger partial charge on any atom is -0.462 e. The molecule has 5 heteroatoms. The van der Waals surface area contributed by atoms with Gasteiger partial charge in [-0.05, 0) is 24.2 Å². The Morgan fingerprint density at radius 2 is 1.82 bits per heavy atom. The molecule has 22 heavy (non-hydrogen) atoms. The summed E-state index contributed by atoms with van der Waals surface area (Å²) in [5.41, 5.74) is -2.27. The van der Waals surface area contributed by atoms with E-state index in [1.807, 2.05) is 13.8 Å². The smallest absolute Gasteiger partial charge is 0.302 e. The predicted molar refractivity (Wildman–Crippen MR) is 79.8 cm³/mol. The van der Waals surface area contributed by atoms with E-state index >= 15 is 0 Å². The van der Waals surface area contributed by atoms with Crippen LogP contribution in [0.4, 0.5) is 0 Å². The summed E-state index contributed by atoms with van der Waals surface area (Å²) in [5.74, 6) is -1.03. The first kappa shape index (κ1) is 16.2. The van der Waals surface area contributed by atoms with Gasteiger partial charge in [0, 0.05) is 24.2 Å². The molecule has 3 fully saturated rings. The third kappa shape index (κ3) is 1.68. The van der Waals surface area contributed by atoms with E-state index in [4.69, 9.17) is 4.74 Å². The van der Waals surface area contributed by atoms with Crippen LogP contribution in [0.15, 0.2) is 0 Å². The number of esters is 1. The highest BCUT2D eigenvalue weighted by molar-refractivity contribution is 5.66. The first-order valence-electron chi connectivity index (χ1n) is 8.22. The number of ether oxygens (including phenoxy) is 1. The highest BCUT2D eigenvalue weighted by Crippen LogP contribution is 2.72.